The van der Waals surface area contributed by atoms with Crippen molar-refractivity contribution in [2.24, 2.45) is 4.99 Å². The molecular formula is C18H23N3S. The summed E-state index contributed by atoms with van der Waals surface area (Å²) in [4.78, 5) is 11.9. The maximum Gasteiger partial charge on any atom is 0.0758 e. The van der Waals surface area contributed by atoms with Crippen LogP contribution in [-0.4, -0.2) is 29.5 Å². The molecule has 0 spiro atoms. The van der Waals surface area contributed by atoms with E-state index in [4.69, 9.17) is 0 Å². The van der Waals surface area contributed by atoms with Crippen LogP contribution in [0.2, 0.25) is 0 Å². The predicted octanol–water partition coefficient (Wildman–Crippen LogP) is 4.47. The first-order chi connectivity index (χ1) is 10.6. The van der Waals surface area contributed by atoms with Gasteiger partial charge in [0.05, 0.1) is 5.69 Å². The van der Waals surface area contributed by atoms with Gasteiger partial charge in [-0.05, 0) is 55.9 Å². The Kier molecular flexibility index (Phi) is 6.16. The molecule has 0 unspecified atom stereocenters. The number of hydrogen-bond donors (Lipinski definition) is 0. The van der Waals surface area contributed by atoms with Gasteiger partial charge in [0, 0.05) is 29.7 Å². The van der Waals surface area contributed by atoms with E-state index >= 15 is 0 Å². The van der Waals surface area contributed by atoms with E-state index in [2.05, 4.69) is 66.8 Å². The minimum atomic E-state index is 0.895. The number of aromatic nitrogens is 1. The van der Waals surface area contributed by atoms with Gasteiger partial charge in [-0.15, -0.1) is 11.8 Å². The van der Waals surface area contributed by atoms with Gasteiger partial charge in [-0.2, -0.15) is 0 Å². The molecule has 1 heterocycles. The number of nitrogens with zero attached hydrogens (tertiary/aromatic N) is 3. The van der Waals surface area contributed by atoms with E-state index in [1.807, 2.05) is 12.4 Å². The number of aryl methyl sites for hydroxylation is 2. The smallest absolute Gasteiger partial charge is 0.0758 e. The van der Waals surface area contributed by atoms with Crippen LogP contribution in [0.15, 0.2) is 46.5 Å². The summed E-state index contributed by atoms with van der Waals surface area (Å²) in [6.07, 6.45) is 4.86. The van der Waals surface area contributed by atoms with Crippen LogP contribution in [-0.2, 0) is 13.0 Å². The summed E-state index contributed by atoms with van der Waals surface area (Å²) in [6, 6.07) is 8.58. The monoisotopic (exact) mass is 313 g/mol. The largest absolute Gasteiger partial charge is 0.292 e. The fourth-order valence-corrected chi connectivity index (χ4v) is 3.23. The number of rotatable bonds is 7. The molecular weight excluding hydrogens is 290 g/mol. The van der Waals surface area contributed by atoms with E-state index in [1.165, 1.54) is 21.6 Å². The average molecular weight is 313 g/mol. The Bertz CT molecular complexity index is 640. The number of benzene rings is 1. The third-order valence-corrected chi connectivity index (χ3v) is 4.64. The minimum Gasteiger partial charge on any atom is -0.292 e. The first-order valence-electron chi connectivity index (χ1n) is 7.44. The highest BCUT2D eigenvalue weighted by molar-refractivity contribution is 7.99. The lowest BCUT2D eigenvalue weighted by Gasteiger charge is -2.17. The predicted molar refractivity (Wildman–Crippen MR) is 96.2 cm³/mol. The van der Waals surface area contributed by atoms with Crippen molar-refractivity contribution in [3.05, 3.63) is 53.3 Å². The van der Waals surface area contributed by atoms with E-state index in [0.29, 0.717) is 0 Å². The summed E-state index contributed by atoms with van der Waals surface area (Å²) < 4.78 is 0. The lowest BCUT2D eigenvalue weighted by Crippen LogP contribution is -2.17. The van der Waals surface area contributed by atoms with Gasteiger partial charge in [-0.3, -0.25) is 14.9 Å². The van der Waals surface area contributed by atoms with E-state index in [9.17, 15) is 0 Å². The Hall–Kier alpha value is -1.65. The second kappa shape index (κ2) is 8.11. The molecule has 0 bridgehead atoms. The number of pyridine rings is 1. The molecule has 0 aliphatic heterocycles. The molecule has 116 valence electrons. The van der Waals surface area contributed by atoms with Crippen molar-refractivity contribution in [2.75, 3.05) is 12.9 Å². The van der Waals surface area contributed by atoms with E-state index in [0.717, 1.165) is 24.5 Å². The van der Waals surface area contributed by atoms with Gasteiger partial charge < -0.3 is 0 Å². The molecule has 0 amide bonds. The van der Waals surface area contributed by atoms with Crippen LogP contribution >= 0.6 is 11.8 Å². The van der Waals surface area contributed by atoms with Crippen molar-refractivity contribution >= 4 is 24.2 Å². The Morgan fingerprint density at radius 2 is 2.05 bits per heavy atom. The Labute approximate surface area is 137 Å². The summed E-state index contributed by atoms with van der Waals surface area (Å²) in [5, 5.41) is 0. The molecule has 0 radical (unpaired) electrons. The van der Waals surface area contributed by atoms with Gasteiger partial charge in [0.25, 0.3) is 0 Å². The summed E-state index contributed by atoms with van der Waals surface area (Å²) in [6.45, 7) is 8.80. The molecule has 0 atom stereocenters. The summed E-state index contributed by atoms with van der Waals surface area (Å²) in [5.74, 6) is 0.906. The zero-order chi connectivity index (χ0) is 15.9. The lowest BCUT2D eigenvalue weighted by atomic mass is 10.1. The van der Waals surface area contributed by atoms with Gasteiger partial charge in [-0.25, -0.2) is 0 Å². The second-order valence-corrected chi connectivity index (χ2v) is 6.46. The van der Waals surface area contributed by atoms with Crippen LogP contribution in [0.25, 0.3) is 0 Å². The highest BCUT2D eigenvalue weighted by Crippen LogP contribution is 2.31. The minimum absolute atomic E-state index is 0.895. The molecule has 22 heavy (non-hydrogen) atoms. The van der Waals surface area contributed by atoms with Gasteiger partial charge >= 0.3 is 0 Å². The van der Waals surface area contributed by atoms with Gasteiger partial charge in [0.15, 0.2) is 0 Å². The standard InChI is InChI=1S/C18H23N3S/c1-5-15-6-7-17(19-3)18(9-15)22-13-21(4)12-16-8-14(2)10-20-11-16/h6-11H,3,5,12-13H2,1-2,4H3. The van der Waals surface area contributed by atoms with Crippen LogP contribution in [0.4, 0.5) is 5.69 Å². The van der Waals surface area contributed by atoms with Crippen LogP contribution in [0.3, 0.4) is 0 Å². The number of hydrogen-bond acceptors (Lipinski definition) is 4. The normalized spacial score (nSPS) is 10.9. The molecule has 2 rings (SSSR count). The number of aliphatic imine (C=N–C) groups is 1. The second-order valence-electron chi connectivity index (χ2n) is 5.47. The third-order valence-electron chi connectivity index (χ3n) is 3.43. The van der Waals surface area contributed by atoms with Gasteiger partial charge in [0.1, 0.15) is 0 Å². The molecule has 0 aliphatic carbocycles. The highest BCUT2D eigenvalue weighted by Gasteiger charge is 2.06. The van der Waals surface area contributed by atoms with E-state index < -0.39 is 0 Å². The SMILES string of the molecule is C=Nc1ccc(CC)cc1SCN(C)Cc1cncc(C)c1. The Balaban J connectivity index is 1.98. The summed E-state index contributed by atoms with van der Waals surface area (Å²) in [7, 11) is 2.13. The van der Waals surface area contributed by atoms with Crippen LogP contribution in [0.5, 0.6) is 0 Å². The Morgan fingerprint density at radius 3 is 2.73 bits per heavy atom. The van der Waals surface area contributed by atoms with Crippen LogP contribution in [0.1, 0.15) is 23.6 Å². The third kappa shape index (κ3) is 4.68. The molecule has 0 saturated carbocycles. The van der Waals surface area contributed by atoms with Gasteiger partial charge in [-0.1, -0.05) is 19.1 Å². The summed E-state index contributed by atoms with van der Waals surface area (Å²) >= 11 is 1.80. The highest BCUT2D eigenvalue weighted by atomic mass is 32.2. The van der Waals surface area contributed by atoms with Crippen molar-refractivity contribution < 1.29 is 0 Å². The molecule has 2 aromatic rings. The van der Waals surface area contributed by atoms with Crippen molar-refractivity contribution in [3.63, 3.8) is 0 Å². The van der Waals surface area contributed by atoms with Crippen molar-refractivity contribution in [1.82, 2.24) is 9.88 Å². The molecule has 1 aromatic carbocycles. The molecule has 0 N–H and O–H groups in total. The summed E-state index contributed by atoms with van der Waals surface area (Å²) in [5.41, 5.74) is 4.74. The van der Waals surface area contributed by atoms with Crippen LogP contribution in [0, 0.1) is 6.92 Å². The fourth-order valence-electron chi connectivity index (χ4n) is 2.27. The van der Waals surface area contributed by atoms with Gasteiger partial charge in [0.2, 0.25) is 0 Å². The molecule has 1 aromatic heterocycles. The molecule has 0 saturated heterocycles. The van der Waals surface area contributed by atoms with Crippen molar-refractivity contribution in [2.45, 2.75) is 31.7 Å². The fraction of sp³-hybridized carbons (Fsp3) is 0.333. The Morgan fingerprint density at radius 1 is 1.23 bits per heavy atom. The molecule has 4 heteroatoms. The van der Waals surface area contributed by atoms with E-state index in [1.54, 1.807) is 11.8 Å². The van der Waals surface area contributed by atoms with Crippen molar-refractivity contribution in [1.29, 1.82) is 0 Å². The maximum absolute atomic E-state index is 4.25. The quantitative estimate of drug-likeness (QED) is 0.429. The topological polar surface area (TPSA) is 28.5 Å². The zero-order valence-electron chi connectivity index (χ0n) is 13.5. The average Bonchev–Trinajstić information content (AvgIpc) is 2.52. The molecule has 0 aliphatic rings. The first kappa shape index (κ1) is 16.7. The maximum atomic E-state index is 4.25. The number of thioether (sulfide) groups is 1. The first-order valence-corrected chi connectivity index (χ1v) is 8.42. The lowest BCUT2D eigenvalue weighted by molar-refractivity contribution is 0.385. The van der Waals surface area contributed by atoms with Crippen LogP contribution < -0.4 is 0 Å². The van der Waals surface area contributed by atoms with Crippen molar-refractivity contribution in [3.8, 4) is 0 Å². The molecule has 3 nitrogen and oxygen atoms in total. The molecule has 0 fully saturated rings. The van der Waals surface area contributed by atoms with E-state index in [-0.39, 0.29) is 0 Å². The zero-order valence-corrected chi connectivity index (χ0v) is 14.4.